The van der Waals surface area contributed by atoms with Crippen molar-refractivity contribution in [2.24, 2.45) is 0 Å². The van der Waals surface area contributed by atoms with Gasteiger partial charge < -0.3 is 5.32 Å². The normalized spacial score (nSPS) is 26.2. The molecular formula is C11H20N4S. The molecule has 2 unspecified atom stereocenters. The summed E-state index contributed by atoms with van der Waals surface area (Å²) in [4.78, 5) is 2.57. The highest BCUT2D eigenvalue weighted by molar-refractivity contribution is 7.15. The van der Waals surface area contributed by atoms with Gasteiger partial charge in [-0.15, -0.1) is 10.2 Å². The second kappa shape index (κ2) is 5.10. The highest BCUT2D eigenvalue weighted by atomic mass is 32.1. The van der Waals surface area contributed by atoms with Gasteiger partial charge >= 0.3 is 0 Å². The minimum atomic E-state index is 0.687. The van der Waals surface area contributed by atoms with Crippen molar-refractivity contribution in [1.82, 2.24) is 15.1 Å². The van der Waals surface area contributed by atoms with Crippen LogP contribution in [-0.2, 0) is 6.54 Å². The Balaban J connectivity index is 2.02. The molecule has 0 aromatic carbocycles. The standard InChI is InChI=1S/C11H20N4S/c1-4-9-6-5-8(2)15(9)7-10-13-14-11(12-3)16-10/h8-9H,4-7H2,1-3H3,(H,12,14). The maximum Gasteiger partial charge on any atom is 0.205 e. The third-order valence-corrected chi connectivity index (χ3v) is 4.35. The first kappa shape index (κ1) is 11.8. The molecule has 0 amide bonds. The van der Waals surface area contributed by atoms with Crippen LogP contribution in [0.25, 0.3) is 0 Å². The summed E-state index contributed by atoms with van der Waals surface area (Å²) >= 11 is 1.66. The van der Waals surface area contributed by atoms with Crippen LogP contribution >= 0.6 is 11.3 Å². The molecule has 1 fully saturated rings. The van der Waals surface area contributed by atoms with Crippen molar-refractivity contribution in [3.05, 3.63) is 5.01 Å². The lowest BCUT2D eigenvalue weighted by Crippen LogP contribution is -2.33. The molecule has 16 heavy (non-hydrogen) atoms. The molecule has 2 rings (SSSR count). The van der Waals surface area contributed by atoms with Gasteiger partial charge in [0.2, 0.25) is 5.13 Å². The predicted octanol–water partition coefficient (Wildman–Crippen LogP) is 2.34. The summed E-state index contributed by atoms with van der Waals surface area (Å²) in [6.07, 6.45) is 3.88. The number of anilines is 1. The Bertz CT molecular complexity index is 338. The third kappa shape index (κ3) is 2.35. The molecule has 0 radical (unpaired) electrons. The molecule has 1 aliphatic heterocycles. The second-order valence-electron chi connectivity index (χ2n) is 4.41. The van der Waals surface area contributed by atoms with E-state index in [-0.39, 0.29) is 0 Å². The molecule has 2 heterocycles. The quantitative estimate of drug-likeness (QED) is 0.877. The van der Waals surface area contributed by atoms with Crippen molar-refractivity contribution in [2.45, 2.75) is 51.7 Å². The van der Waals surface area contributed by atoms with E-state index < -0.39 is 0 Å². The van der Waals surface area contributed by atoms with Crippen LogP contribution in [0.4, 0.5) is 5.13 Å². The van der Waals surface area contributed by atoms with Crippen molar-refractivity contribution >= 4 is 16.5 Å². The number of nitrogens with one attached hydrogen (secondary N) is 1. The Hall–Kier alpha value is -0.680. The van der Waals surface area contributed by atoms with Crippen LogP contribution in [0, 0.1) is 0 Å². The van der Waals surface area contributed by atoms with Crippen LogP contribution < -0.4 is 5.32 Å². The third-order valence-electron chi connectivity index (χ3n) is 3.42. The number of nitrogens with zero attached hydrogens (tertiary/aromatic N) is 3. The van der Waals surface area contributed by atoms with E-state index in [2.05, 4.69) is 34.3 Å². The van der Waals surface area contributed by atoms with E-state index in [4.69, 9.17) is 0 Å². The Labute approximate surface area is 101 Å². The average molecular weight is 240 g/mol. The Morgan fingerprint density at radius 3 is 2.88 bits per heavy atom. The summed E-state index contributed by atoms with van der Waals surface area (Å²) in [6, 6.07) is 1.42. The monoisotopic (exact) mass is 240 g/mol. The first-order chi connectivity index (χ1) is 7.74. The first-order valence-electron chi connectivity index (χ1n) is 6.00. The predicted molar refractivity (Wildman–Crippen MR) is 67.8 cm³/mol. The zero-order valence-corrected chi connectivity index (χ0v) is 11.0. The van der Waals surface area contributed by atoms with Crippen LogP contribution in [0.2, 0.25) is 0 Å². The Morgan fingerprint density at radius 1 is 1.44 bits per heavy atom. The van der Waals surface area contributed by atoms with E-state index in [0.29, 0.717) is 6.04 Å². The van der Waals surface area contributed by atoms with Gasteiger partial charge in [0.25, 0.3) is 0 Å². The molecule has 0 aliphatic carbocycles. The van der Waals surface area contributed by atoms with Gasteiger partial charge in [0, 0.05) is 19.1 Å². The maximum atomic E-state index is 4.22. The van der Waals surface area contributed by atoms with Crippen molar-refractivity contribution in [1.29, 1.82) is 0 Å². The lowest BCUT2D eigenvalue weighted by Gasteiger charge is -2.26. The van der Waals surface area contributed by atoms with E-state index in [0.717, 1.165) is 22.7 Å². The average Bonchev–Trinajstić information content (AvgIpc) is 2.88. The smallest absolute Gasteiger partial charge is 0.205 e. The molecule has 1 aromatic heterocycles. The first-order valence-corrected chi connectivity index (χ1v) is 6.82. The van der Waals surface area contributed by atoms with Crippen LogP contribution in [0.15, 0.2) is 0 Å². The second-order valence-corrected chi connectivity index (χ2v) is 5.47. The minimum Gasteiger partial charge on any atom is -0.363 e. The number of hydrogen-bond donors (Lipinski definition) is 1. The summed E-state index contributed by atoms with van der Waals surface area (Å²) in [6.45, 7) is 5.55. The SMILES string of the molecule is CCC1CCC(C)N1Cc1nnc(NC)s1. The summed E-state index contributed by atoms with van der Waals surface area (Å²) in [7, 11) is 1.89. The minimum absolute atomic E-state index is 0.687. The van der Waals surface area contributed by atoms with Crippen LogP contribution in [-0.4, -0.2) is 34.2 Å². The molecule has 1 N–H and O–H groups in total. The van der Waals surface area contributed by atoms with Gasteiger partial charge in [-0.3, -0.25) is 4.90 Å². The fourth-order valence-corrected chi connectivity index (χ4v) is 3.13. The lowest BCUT2D eigenvalue weighted by atomic mass is 10.2. The van der Waals surface area contributed by atoms with E-state index in [9.17, 15) is 0 Å². The Kier molecular flexibility index (Phi) is 3.76. The zero-order chi connectivity index (χ0) is 11.5. The molecular weight excluding hydrogens is 220 g/mol. The highest BCUT2D eigenvalue weighted by Crippen LogP contribution is 2.28. The lowest BCUT2D eigenvalue weighted by molar-refractivity contribution is 0.189. The van der Waals surface area contributed by atoms with Gasteiger partial charge in [-0.25, -0.2) is 0 Å². The number of rotatable bonds is 4. The molecule has 0 spiro atoms. The molecule has 1 aliphatic rings. The molecule has 4 nitrogen and oxygen atoms in total. The van der Waals surface area contributed by atoms with Crippen molar-refractivity contribution in [3.8, 4) is 0 Å². The van der Waals surface area contributed by atoms with Gasteiger partial charge in [0.05, 0.1) is 6.54 Å². The van der Waals surface area contributed by atoms with Crippen molar-refractivity contribution in [2.75, 3.05) is 12.4 Å². The van der Waals surface area contributed by atoms with Gasteiger partial charge in [0.15, 0.2) is 0 Å². The summed E-state index contributed by atoms with van der Waals surface area (Å²) in [5.41, 5.74) is 0. The van der Waals surface area contributed by atoms with Gasteiger partial charge in [0.1, 0.15) is 5.01 Å². The molecule has 5 heteroatoms. The van der Waals surface area contributed by atoms with E-state index >= 15 is 0 Å². The van der Waals surface area contributed by atoms with E-state index in [1.807, 2.05) is 7.05 Å². The van der Waals surface area contributed by atoms with Crippen molar-refractivity contribution in [3.63, 3.8) is 0 Å². The summed E-state index contributed by atoms with van der Waals surface area (Å²) in [5, 5.41) is 13.4. The van der Waals surface area contributed by atoms with E-state index in [1.165, 1.54) is 19.3 Å². The fraction of sp³-hybridized carbons (Fsp3) is 0.818. The highest BCUT2D eigenvalue weighted by Gasteiger charge is 2.29. The molecule has 90 valence electrons. The zero-order valence-electron chi connectivity index (χ0n) is 10.2. The number of hydrogen-bond acceptors (Lipinski definition) is 5. The maximum absolute atomic E-state index is 4.22. The van der Waals surface area contributed by atoms with Gasteiger partial charge in [-0.1, -0.05) is 18.3 Å². The molecule has 1 aromatic rings. The van der Waals surface area contributed by atoms with Crippen molar-refractivity contribution < 1.29 is 0 Å². The molecule has 1 saturated heterocycles. The van der Waals surface area contributed by atoms with Crippen LogP contribution in [0.1, 0.15) is 38.1 Å². The van der Waals surface area contributed by atoms with Gasteiger partial charge in [-0.05, 0) is 26.2 Å². The Morgan fingerprint density at radius 2 is 2.25 bits per heavy atom. The molecule has 0 bridgehead atoms. The van der Waals surface area contributed by atoms with E-state index in [1.54, 1.807) is 11.3 Å². The topological polar surface area (TPSA) is 41.1 Å². The molecule has 2 atom stereocenters. The number of likely N-dealkylation sites (tertiary alicyclic amines) is 1. The van der Waals surface area contributed by atoms with Gasteiger partial charge in [-0.2, -0.15) is 0 Å². The van der Waals surface area contributed by atoms with Crippen LogP contribution in [0.5, 0.6) is 0 Å². The summed E-state index contributed by atoms with van der Waals surface area (Å²) < 4.78 is 0. The number of aromatic nitrogens is 2. The fourth-order valence-electron chi connectivity index (χ4n) is 2.42. The largest absolute Gasteiger partial charge is 0.363 e. The van der Waals surface area contributed by atoms with Crippen LogP contribution in [0.3, 0.4) is 0 Å². The summed E-state index contributed by atoms with van der Waals surface area (Å²) in [5.74, 6) is 0. The molecule has 0 saturated carbocycles.